The van der Waals surface area contributed by atoms with Gasteiger partial charge in [0.2, 0.25) is 0 Å². The Bertz CT molecular complexity index is 1770. The maximum Gasteiger partial charge on any atom is 0.345 e. The topological polar surface area (TPSA) is 144 Å². The lowest BCUT2D eigenvalue weighted by Gasteiger charge is -2.30. The summed E-state index contributed by atoms with van der Waals surface area (Å²) >= 11 is 19.2. The first kappa shape index (κ1) is 32.3. The zero-order valence-electron chi connectivity index (χ0n) is 23.3. The standard InChI is InChI=1S/C31H21Br2Cl2N3O8/c32-26-20-12-21(27(26)33)25-24(20)29(41)37(30(25)42)36(28(40)15-1-6-17(7-2-15)38(44)45)13-23(39)14-3-8-18(9-4-14)46-31(43)19-10-5-16(34)11-22(19)35/h1-11,20-21,24-27H,12-13H2/t20-,21-,24-,25-,26-,27+/m1/s1. The molecule has 11 nitrogen and oxygen atoms in total. The van der Waals surface area contributed by atoms with Crippen LogP contribution in [0.3, 0.4) is 0 Å². The number of esters is 1. The van der Waals surface area contributed by atoms with Crippen LogP contribution in [0.25, 0.3) is 0 Å². The van der Waals surface area contributed by atoms with E-state index in [0.717, 1.165) is 22.2 Å². The first-order chi connectivity index (χ1) is 21.9. The molecule has 0 radical (unpaired) electrons. The van der Waals surface area contributed by atoms with Crippen molar-refractivity contribution in [2.75, 3.05) is 6.54 Å². The number of rotatable bonds is 8. The van der Waals surface area contributed by atoms with Gasteiger partial charge in [-0.25, -0.2) is 9.80 Å². The highest BCUT2D eigenvalue weighted by molar-refractivity contribution is 9.12. The van der Waals surface area contributed by atoms with E-state index in [2.05, 4.69) is 31.9 Å². The molecule has 6 rings (SSSR count). The number of alkyl halides is 2. The predicted octanol–water partition coefficient (Wildman–Crippen LogP) is 6.14. The van der Waals surface area contributed by atoms with Gasteiger partial charge < -0.3 is 4.74 Å². The number of hydrazine groups is 1. The van der Waals surface area contributed by atoms with Crippen LogP contribution in [0.1, 0.15) is 37.5 Å². The summed E-state index contributed by atoms with van der Waals surface area (Å²) in [4.78, 5) is 78.0. The van der Waals surface area contributed by atoms with Crippen LogP contribution in [0, 0.1) is 33.8 Å². The molecule has 2 aliphatic carbocycles. The fourth-order valence-electron chi connectivity index (χ4n) is 6.43. The van der Waals surface area contributed by atoms with E-state index in [1.807, 2.05) is 0 Å². The van der Waals surface area contributed by atoms with E-state index in [1.165, 1.54) is 54.6 Å². The lowest BCUT2D eigenvalue weighted by molar-refractivity contribution is -0.384. The zero-order valence-corrected chi connectivity index (χ0v) is 28.0. The average Bonchev–Trinajstić information content (AvgIpc) is 3.64. The number of nitrogens with zero attached hydrogens (tertiary/aromatic N) is 3. The van der Waals surface area contributed by atoms with Gasteiger partial charge in [-0.15, -0.1) is 0 Å². The van der Waals surface area contributed by atoms with E-state index in [-0.39, 0.29) is 54.6 Å². The molecule has 3 aliphatic rings. The summed E-state index contributed by atoms with van der Waals surface area (Å²) in [6.45, 7) is -0.683. The fraction of sp³-hybridized carbons (Fsp3) is 0.258. The lowest BCUT2D eigenvalue weighted by atomic mass is 9.81. The van der Waals surface area contributed by atoms with Crippen molar-refractivity contribution in [3.8, 4) is 5.75 Å². The molecule has 1 aliphatic heterocycles. The molecule has 46 heavy (non-hydrogen) atoms. The second kappa shape index (κ2) is 12.5. The van der Waals surface area contributed by atoms with E-state index in [4.69, 9.17) is 27.9 Å². The summed E-state index contributed by atoms with van der Waals surface area (Å²) in [6.07, 6.45) is 0.670. The molecule has 236 valence electrons. The molecule has 2 bridgehead atoms. The van der Waals surface area contributed by atoms with E-state index >= 15 is 0 Å². The molecule has 0 unspecified atom stereocenters. The number of Topliss-reactive ketones (excluding diaryl/α,β-unsaturated/α-hetero) is 1. The number of non-ortho nitro benzene ring substituents is 1. The molecule has 2 saturated carbocycles. The third-order valence-corrected chi connectivity index (χ3v) is 12.4. The van der Waals surface area contributed by atoms with Crippen molar-refractivity contribution in [3.63, 3.8) is 0 Å². The Morgan fingerprint density at radius 1 is 0.891 bits per heavy atom. The maximum absolute atomic E-state index is 13.8. The highest BCUT2D eigenvalue weighted by Gasteiger charge is 2.67. The summed E-state index contributed by atoms with van der Waals surface area (Å²) in [5.41, 5.74) is -0.128. The second-order valence-corrected chi connectivity index (χ2v) is 14.1. The van der Waals surface area contributed by atoms with Crippen molar-refractivity contribution in [2.24, 2.45) is 23.7 Å². The zero-order chi connectivity index (χ0) is 33.0. The first-order valence-electron chi connectivity index (χ1n) is 13.9. The molecular weight excluding hydrogens is 773 g/mol. The Kier molecular flexibility index (Phi) is 8.79. The van der Waals surface area contributed by atoms with Crippen LogP contribution in [0.4, 0.5) is 5.69 Å². The average molecular weight is 794 g/mol. The van der Waals surface area contributed by atoms with Gasteiger partial charge in [-0.2, -0.15) is 5.01 Å². The predicted molar refractivity (Wildman–Crippen MR) is 172 cm³/mol. The third kappa shape index (κ3) is 5.63. The molecule has 0 spiro atoms. The Morgan fingerprint density at radius 2 is 1.46 bits per heavy atom. The highest BCUT2D eigenvalue weighted by Crippen LogP contribution is 2.60. The second-order valence-electron chi connectivity index (χ2n) is 11.1. The van der Waals surface area contributed by atoms with Gasteiger partial charge >= 0.3 is 5.97 Å². The molecular formula is C31H21Br2Cl2N3O8. The number of halogens is 4. The number of carbonyl (C=O) groups excluding carboxylic acids is 5. The van der Waals surface area contributed by atoms with Gasteiger partial charge in [-0.3, -0.25) is 29.3 Å². The van der Waals surface area contributed by atoms with Crippen molar-refractivity contribution >= 4 is 90.2 Å². The van der Waals surface area contributed by atoms with E-state index in [9.17, 15) is 34.1 Å². The summed E-state index contributed by atoms with van der Waals surface area (Å²) in [5, 5.41) is 13.2. The fourth-order valence-corrected chi connectivity index (χ4v) is 8.79. The molecule has 3 fully saturated rings. The first-order valence-corrected chi connectivity index (χ1v) is 16.5. The van der Waals surface area contributed by atoms with E-state index in [0.29, 0.717) is 11.4 Å². The van der Waals surface area contributed by atoms with Gasteiger partial charge in [-0.1, -0.05) is 55.1 Å². The minimum Gasteiger partial charge on any atom is -0.423 e. The molecule has 0 N–H and O–H groups in total. The number of ether oxygens (including phenoxy) is 1. The molecule has 6 atom stereocenters. The van der Waals surface area contributed by atoms with Gasteiger partial charge in [-0.05, 0) is 72.9 Å². The Labute approximate surface area is 288 Å². The van der Waals surface area contributed by atoms with Gasteiger partial charge in [0, 0.05) is 37.9 Å². The minimum atomic E-state index is -0.853. The van der Waals surface area contributed by atoms with Gasteiger partial charge in [0.05, 0.1) is 27.3 Å². The van der Waals surface area contributed by atoms with Crippen LogP contribution < -0.4 is 4.74 Å². The lowest BCUT2D eigenvalue weighted by Crippen LogP contribution is -2.52. The van der Waals surface area contributed by atoms with Crippen molar-refractivity contribution in [1.29, 1.82) is 0 Å². The van der Waals surface area contributed by atoms with Crippen LogP contribution in [0.5, 0.6) is 5.75 Å². The van der Waals surface area contributed by atoms with Crippen LogP contribution >= 0.6 is 55.1 Å². The highest BCUT2D eigenvalue weighted by atomic mass is 79.9. The molecule has 1 saturated heterocycles. The molecule has 1 heterocycles. The summed E-state index contributed by atoms with van der Waals surface area (Å²) in [5.74, 6) is -4.83. The van der Waals surface area contributed by atoms with Crippen LogP contribution in [0.15, 0.2) is 66.7 Å². The van der Waals surface area contributed by atoms with E-state index in [1.54, 1.807) is 0 Å². The van der Waals surface area contributed by atoms with Crippen molar-refractivity contribution in [1.82, 2.24) is 10.0 Å². The summed E-state index contributed by atoms with van der Waals surface area (Å²) < 4.78 is 5.36. The Balaban J connectivity index is 1.25. The largest absolute Gasteiger partial charge is 0.423 e. The third-order valence-electron chi connectivity index (χ3n) is 8.60. The van der Waals surface area contributed by atoms with E-state index < -0.39 is 52.8 Å². The number of fused-ring (bicyclic) bond motifs is 5. The number of nitro benzene ring substituents is 1. The number of amides is 3. The summed E-state index contributed by atoms with van der Waals surface area (Å²) in [7, 11) is 0. The monoisotopic (exact) mass is 791 g/mol. The van der Waals surface area contributed by atoms with Crippen molar-refractivity contribution in [2.45, 2.75) is 16.1 Å². The Morgan fingerprint density at radius 3 is 2.00 bits per heavy atom. The van der Waals surface area contributed by atoms with Crippen LogP contribution in [-0.2, 0) is 9.59 Å². The molecule has 3 amide bonds. The smallest absolute Gasteiger partial charge is 0.345 e. The number of hydrogen-bond acceptors (Lipinski definition) is 8. The van der Waals surface area contributed by atoms with Gasteiger partial charge in [0.25, 0.3) is 23.4 Å². The molecule has 15 heteroatoms. The van der Waals surface area contributed by atoms with Gasteiger partial charge in [0.15, 0.2) is 5.78 Å². The minimum absolute atomic E-state index is 0.0424. The number of hydrogen-bond donors (Lipinski definition) is 0. The summed E-state index contributed by atoms with van der Waals surface area (Å²) in [6, 6.07) is 14.4. The van der Waals surface area contributed by atoms with Crippen molar-refractivity contribution in [3.05, 3.63) is 104 Å². The normalized spacial score (nSPS) is 24.6. The number of nitro groups is 1. The number of carbonyl (C=O) groups is 5. The Hall–Kier alpha value is -3.65. The number of imide groups is 1. The van der Waals surface area contributed by atoms with Crippen molar-refractivity contribution < 1.29 is 33.6 Å². The number of ketones is 1. The quantitative estimate of drug-likeness (QED) is 0.0504. The molecule has 3 aromatic carbocycles. The number of benzene rings is 3. The molecule has 0 aromatic heterocycles. The van der Waals surface area contributed by atoms with Crippen LogP contribution in [-0.4, -0.2) is 60.6 Å². The van der Waals surface area contributed by atoms with Gasteiger partial charge in [0.1, 0.15) is 12.3 Å². The SMILES string of the molecule is O=C(CN(C(=O)c1ccc([N+](=O)[O-])cc1)N1C(=O)[C@@H]2[C@H]3C[C@@H]([C@@H](Br)[C@H]3Br)[C@H]2C1=O)c1ccc(OC(=O)c2ccc(Cl)cc2Cl)cc1. The maximum atomic E-state index is 13.8. The van der Waals surface area contributed by atoms with Crippen LogP contribution in [0.2, 0.25) is 10.0 Å². The molecule has 3 aromatic rings.